The maximum Gasteiger partial charge on any atom is 0.257 e. The average molecular weight is 393 g/mol. The molecule has 1 aromatic heterocycles. The number of sulfonamides is 1. The van der Waals surface area contributed by atoms with Gasteiger partial charge in [0.1, 0.15) is 11.4 Å². The van der Waals surface area contributed by atoms with E-state index in [0.717, 1.165) is 22.6 Å². The minimum atomic E-state index is -3.80. The zero-order valence-electron chi connectivity index (χ0n) is 13.2. The van der Waals surface area contributed by atoms with Gasteiger partial charge in [-0.05, 0) is 5.56 Å². The third kappa shape index (κ3) is 4.17. The molecule has 1 fully saturated rings. The molecule has 10 heteroatoms. The molecule has 0 aliphatic carbocycles. The van der Waals surface area contributed by atoms with E-state index in [0.29, 0.717) is 0 Å². The molecule has 0 amide bonds. The molecule has 3 rings (SSSR count). The molecule has 1 saturated heterocycles. The van der Waals surface area contributed by atoms with Crippen molar-refractivity contribution >= 4 is 22.4 Å². The number of aromatic nitrogens is 2. The first kappa shape index (κ1) is 19.8. The van der Waals surface area contributed by atoms with Crippen LogP contribution in [0.3, 0.4) is 0 Å². The van der Waals surface area contributed by atoms with Gasteiger partial charge in [0.15, 0.2) is 0 Å². The van der Waals surface area contributed by atoms with Crippen LogP contribution in [0.4, 0.5) is 8.78 Å². The maximum atomic E-state index is 12.7. The molecular formula is C15H19ClF2N4O2S. The first-order chi connectivity index (χ1) is 11.4. The summed E-state index contributed by atoms with van der Waals surface area (Å²) in [6.45, 7) is -0.197. The quantitative estimate of drug-likeness (QED) is 0.839. The van der Waals surface area contributed by atoms with E-state index in [9.17, 15) is 17.2 Å². The van der Waals surface area contributed by atoms with Gasteiger partial charge in [-0.3, -0.25) is 4.68 Å². The molecule has 1 aliphatic heterocycles. The summed E-state index contributed by atoms with van der Waals surface area (Å²) in [6, 6.07) is 9.16. The predicted molar refractivity (Wildman–Crippen MR) is 91.4 cm³/mol. The summed E-state index contributed by atoms with van der Waals surface area (Å²) in [6.07, 6.45) is -0.370. The smallest absolute Gasteiger partial charge is 0.257 e. The van der Waals surface area contributed by atoms with Gasteiger partial charge >= 0.3 is 0 Å². The molecule has 0 radical (unpaired) electrons. The Labute approximate surface area is 151 Å². The molecule has 2 heterocycles. The summed E-state index contributed by atoms with van der Waals surface area (Å²) >= 11 is 0. The standard InChI is InChI=1S/C15H18F2N4O2S.ClH/c16-15(17)10-20-7-12(6-19-20)24(22,23)21-8-13(14(18)9-21)11-4-2-1-3-5-11;/h1-7,13-15H,8-10,18H2;1H/t13-,14+;/m0./s1. The van der Waals surface area contributed by atoms with Crippen LogP contribution in [0.1, 0.15) is 11.5 Å². The zero-order valence-corrected chi connectivity index (χ0v) is 14.8. The van der Waals surface area contributed by atoms with Gasteiger partial charge in [-0.25, -0.2) is 17.2 Å². The first-order valence-electron chi connectivity index (χ1n) is 7.49. The van der Waals surface area contributed by atoms with Crippen LogP contribution in [0.5, 0.6) is 0 Å². The van der Waals surface area contributed by atoms with Crippen molar-refractivity contribution in [3.8, 4) is 0 Å². The summed E-state index contributed by atoms with van der Waals surface area (Å²) in [4.78, 5) is -0.0935. The summed E-state index contributed by atoms with van der Waals surface area (Å²) in [5, 5.41) is 3.69. The normalized spacial score (nSPS) is 21.4. The van der Waals surface area contributed by atoms with Crippen molar-refractivity contribution in [3.05, 3.63) is 48.3 Å². The average Bonchev–Trinajstić information content (AvgIpc) is 3.15. The molecule has 0 saturated carbocycles. The number of hydrogen-bond donors (Lipinski definition) is 1. The second kappa shape index (κ2) is 7.77. The Bertz CT molecular complexity index is 801. The summed E-state index contributed by atoms with van der Waals surface area (Å²) in [5.41, 5.74) is 7.10. The molecule has 1 aliphatic rings. The van der Waals surface area contributed by atoms with Crippen LogP contribution in [0.15, 0.2) is 47.6 Å². The van der Waals surface area contributed by atoms with Crippen LogP contribution in [0, 0.1) is 0 Å². The van der Waals surface area contributed by atoms with Crippen molar-refractivity contribution in [3.63, 3.8) is 0 Å². The monoisotopic (exact) mass is 392 g/mol. The van der Waals surface area contributed by atoms with Crippen LogP contribution in [-0.2, 0) is 16.6 Å². The molecule has 2 N–H and O–H groups in total. The van der Waals surface area contributed by atoms with Gasteiger partial charge in [0.2, 0.25) is 10.0 Å². The Hall–Kier alpha value is -1.55. The van der Waals surface area contributed by atoms with Crippen molar-refractivity contribution < 1.29 is 17.2 Å². The van der Waals surface area contributed by atoms with Gasteiger partial charge in [-0.15, -0.1) is 12.4 Å². The Morgan fingerprint density at radius 1 is 1.24 bits per heavy atom. The van der Waals surface area contributed by atoms with E-state index in [1.807, 2.05) is 30.3 Å². The highest BCUT2D eigenvalue weighted by atomic mass is 35.5. The van der Waals surface area contributed by atoms with Crippen LogP contribution in [-0.4, -0.2) is 48.1 Å². The molecule has 0 unspecified atom stereocenters. The van der Waals surface area contributed by atoms with E-state index in [2.05, 4.69) is 5.10 Å². The Balaban J connectivity index is 0.00000225. The number of alkyl halides is 2. The third-order valence-electron chi connectivity index (χ3n) is 4.13. The van der Waals surface area contributed by atoms with Crippen molar-refractivity contribution in [2.45, 2.75) is 29.8 Å². The first-order valence-corrected chi connectivity index (χ1v) is 8.93. The number of hydrogen-bond acceptors (Lipinski definition) is 4. The van der Waals surface area contributed by atoms with E-state index in [-0.39, 0.29) is 42.4 Å². The molecule has 138 valence electrons. The van der Waals surface area contributed by atoms with Gasteiger partial charge in [-0.1, -0.05) is 30.3 Å². The number of rotatable bonds is 5. The number of nitrogens with two attached hydrogens (primary N) is 1. The van der Waals surface area contributed by atoms with Crippen molar-refractivity contribution in [2.75, 3.05) is 13.1 Å². The Morgan fingerprint density at radius 3 is 2.56 bits per heavy atom. The summed E-state index contributed by atoms with van der Waals surface area (Å²) in [7, 11) is -3.80. The summed E-state index contributed by atoms with van der Waals surface area (Å²) in [5.74, 6) is -0.0999. The van der Waals surface area contributed by atoms with Crippen LogP contribution in [0.25, 0.3) is 0 Å². The predicted octanol–water partition coefficient (Wildman–Crippen LogP) is 1.69. The lowest BCUT2D eigenvalue weighted by Crippen LogP contribution is -2.32. The molecule has 6 nitrogen and oxygen atoms in total. The molecule has 2 aromatic rings. The van der Waals surface area contributed by atoms with Crippen molar-refractivity contribution in [1.82, 2.24) is 14.1 Å². The van der Waals surface area contributed by atoms with Crippen molar-refractivity contribution in [1.29, 1.82) is 0 Å². The molecule has 0 spiro atoms. The fourth-order valence-electron chi connectivity index (χ4n) is 2.91. The SMILES string of the molecule is Cl.N[C@@H]1CN(S(=O)(=O)c2cnn(CC(F)F)c2)C[C@H]1c1ccccc1. The van der Waals surface area contributed by atoms with Gasteiger partial charge in [0, 0.05) is 31.2 Å². The lowest BCUT2D eigenvalue weighted by atomic mass is 9.95. The van der Waals surface area contributed by atoms with E-state index >= 15 is 0 Å². The highest BCUT2D eigenvalue weighted by Gasteiger charge is 2.38. The van der Waals surface area contributed by atoms with Gasteiger partial charge < -0.3 is 5.73 Å². The molecule has 2 atom stereocenters. The molecule has 0 bridgehead atoms. The van der Waals surface area contributed by atoms with Gasteiger partial charge in [0.25, 0.3) is 6.43 Å². The zero-order chi connectivity index (χ0) is 17.3. The van der Waals surface area contributed by atoms with E-state index in [4.69, 9.17) is 5.73 Å². The lowest BCUT2D eigenvalue weighted by molar-refractivity contribution is 0.121. The highest BCUT2D eigenvalue weighted by molar-refractivity contribution is 7.89. The minimum Gasteiger partial charge on any atom is -0.326 e. The fraction of sp³-hybridized carbons (Fsp3) is 0.400. The minimum absolute atomic E-state index is 0. The molecule has 25 heavy (non-hydrogen) atoms. The van der Waals surface area contributed by atoms with E-state index < -0.39 is 23.0 Å². The Morgan fingerprint density at radius 2 is 1.92 bits per heavy atom. The van der Waals surface area contributed by atoms with Gasteiger partial charge in [0.05, 0.1) is 6.20 Å². The number of nitrogens with zero attached hydrogens (tertiary/aromatic N) is 3. The number of halogens is 3. The second-order valence-corrected chi connectivity index (χ2v) is 7.73. The molecular weight excluding hydrogens is 374 g/mol. The topological polar surface area (TPSA) is 81.2 Å². The second-order valence-electron chi connectivity index (χ2n) is 5.79. The maximum absolute atomic E-state index is 12.7. The summed E-state index contributed by atoms with van der Waals surface area (Å²) < 4.78 is 52.4. The van der Waals surface area contributed by atoms with E-state index in [1.165, 1.54) is 4.31 Å². The van der Waals surface area contributed by atoms with Crippen LogP contribution in [0.2, 0.25) is 0 Å². The van der Waals surface area contributed by atoms with Gasteiger partial charge in [-0.2, -0.15) is 9.40 Å². The highest BCUT2D eigenvalue weighted by Crippen LogP contribution is 2.30. The number of benzene rings is 1. The third-order valence-corrected chi connectivity index (χ3v) is 5.92. The van der Waals surface area contributed by atoms with E-state index in [1.54, 1.807) is 0 Å². The molecule has 1 aromatic carbocycles. The fourth-order valence-corrected chi connectivity index (χ4v) is 4.37. The van der Waals surface area contributed by atoms with Crippen LogP contribution >= 0.6 is 12.4 Å². The lowest BCUT2D eigenvalue weighted by Gasteiger charge is -2.15. The largest absolute Gasteiger partial charge is 0.326 e. The van der Waals surface area contributed by atoms with Crippen molar-refractivity contribution in [2.24, 2.45) is 5.73 Å². The van der Waals surface area contributed by atoms with Crippen LogP contribution < -0.4 is 5.73 Å². The Kier molecular flexibility index (Phi) is 6.15.